The molecule has 0 saturated carbocycles. The quantitative estimate of drug-likeness (QED) is 0.813. The van der Waals surface area contributed by atoms with Gasteiger partial charge in [0.15, 0.2) is 5.82 Å². The SMILES string of the molecule is CC[C@@H](C)[C@@H](CO)NC(=O)Cc1c(C)nn(-c2ccccn2)c1C. The maximum atomic E-state index is 12.4. The Morgan fingerprint density at radius 3 is 2.71 bits per heavy atom. The highest BCUT2D eigenvalue weighted by Gasteiger charge is 2.20. The van der Waals surface area contributed by atoms with E-state index in [-0.39, 0.29) is 30.9 Å². The van der Waals surface area contributed by atoms with Crippen molar-refractivity contribution in [3.8, 4) is 5.82 Å². The smallest absolute Gasteiger partial charge is 0.224 e. The molecule has 0 fully saturated rings. The second kappa shape index (κ2) is 8.06. The molecule has 24 heavy (non-hydrogen) atoms. The van der Waals surface area contributed by atoms with Crippen LogP contribution in [0.2, 0.25) is 0 Å². The summed E-state index contributed by atoms with van der Waals surface area (Å²) in [6, 6.07) is 5.43. The molecule has 0 saturated heterocycles. The highest BCUT2D eigenvalue weighted by molar-refractivity contribution is 5.79. The lowest BCUT2D eigenvalue weighted by molar-refractivity contribution is -0.121. The summed E-state index contributed by atoms with van der Waals surface area (Å²) >= 11 is 0. The molecule has 0 aliphatic rings. The normalized spacial score (nSPS) is 13.5. The van der Waals surface area contributed by atoms with E-state index in [1.807, 2.05) is 45.9 Å². The lowest BCUT2D eigenvalue weighted by Gasteiger charge is -2.22. The van der Waals surface area contributed by atoms with Crippen molar-refractivity contribution >= 4 is 5.91 Å². The number of nitrogens with zero attached hydrogens (tertiary/aromatic N) is 3. The Bertz CT molecular complexity index is 682. The Morgan fingerprint density at radius 1 is 1.38 bits per heavy atom. The number of hydrogen-bond donors (Lipinski definition) is 2. The monoisotopic (exact) mass is 330 g/mol. The van der Waals surface area contributed by atoms with Gasteiger partial charge in [-0.25, -0.2) is 9.67 Å². The van der Waals surface area contributed by atoms with Crippen LogP contribution in [0.3, 0.4) is 0 Å². The van der Waals surface area contributed by atoms with Crippen molar-refractivity contribution < 1.29 is 9.90 Å². The average Bonchev–Trinajstić information content (AvgIpc) is 2.88. The van der Waals surface area contributed by atoms with Gasteiger partial charge in [0.05, 0.1) is 24.8 Å². The number of aliphatic hydroxyl groups excluding tert-OH is 1. The fraction of sp³-hybridized carbons (Fsp3) is 0.500. The summed E-state index contributed by atoms with van der Waals surface area (Å²) in [6.45, 7) is 7.86. The topological polar surface area (TPSA) is 80.0 Å². The van der Waals surface area contributed by atoms with Gasteiger partial charge in [-0.1, -0.05) is 26.3 Å². The van der Waals surface area contributed by atoms with E-state index in [1.165, 1.54) is 0 Å². The molecule has 0 spiro atoms. The molecule has 2 atom stereocenters. The molecular formula is C18H26N4O2. The zero-order valence-corrected chi connectivity index (χ0v) is 14.8. The molecular weight excluding hydrogens is 304 g/mol. The molecule has 2 aromatic heterocycles. The van der Waals surface area contributed by atoms with Crippen LogP contribution < -0.4 is 5.32 Å². The van der Waals surface area contributed by atoms with E-state index >= 15 is 0 Å². The molecule has 0 aliphatic carbocycles. The van der Waals surface area contributed by atoms with E-state index in [9.17, 15) is 9.90 Å². The third kappa shape index (κ3) is 4.00. The largest absolute Gasteiger partial charge is 0.394 e. The number of hydrogen-bond acceptors (Lipinski definition) is 4. The number of aliphatic hydroxyl groups is 1. The fourth-order valence-corrected chi connectivity index (χ4v) is 2.70. The Labute approximate surface area is 142 Å². The van der Waals surface area contributed by atoms with Gasteiger partial charge in [0.1, 0.15) is 0 Å². The maximum absolute atomic E-state index is 12.4. The van der Waals surface area contributed by atoms with Gasteiger partial charge in [0.2, 0.25) is 5.91 Å². The highest BCUT2D eigenvalue weighted by Crippen LogP contribution is 2.17. The Hall–Kier alpha value is -2.21. The molecule has 0 unspecified atom stereocenters. The molecule has 0 aliphatic heterocycles. The summed E-state index contributed by atoms with van der Waals surface area (Å²) in [4.78, 5) is 16.7. The van der Waals surface area contributed by atoms with E-state index in [0.717, 1.165) is 29.2 Å². The van der Waals surface area contributed by atoms with Crippen LogP contribution in [0, 0.1) is 19.8 Å². The molecule has 6 heteroatoms. The van der Waals surface area contributed by atoms with Crippen LogP contribution in [-0.4, -0.2) is 38.4 Å². The number of carbonyl (C=O) groups is 1. The minimum atomic E-state index is -0.214. The van der Waals surface area contributed by atoms with Crippen LogP contribution >= 0.6 is 0 Å². The van der Waals surface area contributed by atoms with Crippen molar-refractivity contribution in [2.45, 2.75) is 46.6 Å². The minimum Gasteiger partial charge on any atom is -0.394 e. The van der Waals surface area contributed by atoms with Gasteiger partial charge < -0.3 is 10.4 Å². The zero-order chi connectivity index (χ0) is 17.7. The molecule has 0 aromatic carbocycles. The summed E-state index contributed by atoms with van der Waals surface area (Å²) in [7, 11) is 0. The number of aryl methyl sites for hydroxylation is 1. The predicted octanol–water partition coefficient (Wildman–Crippen LogP) is 1.95. The first-order valence-corrected chi connectivity index (χ1v) is 8.34. The van der Waals surface area contributed by atoms with E-state index in [0.29, 0.717) is 0 Å². The number of pyridine rings is 1. The van der Waals surface area contributed by atoms with Gasteiger partial charge in [-0.05, 0) is 31.9 Å². The second-order valence-electron chi connectivity index (χ2n) is 6.17. The first-order chi connectivity index (χ1) is 11.5. The fourth-order valence-electron chi connectivity index (χ4n) is 2.70. The lowest BCUT2D eigenvalue weighted by Crippen LogP contribution is -2.42. The van der Waals surface area contributed by atoms with E-state index < -0.39 is 0 Å². The number of rotatable bonds is 7. The summed E-state index contributed by atoms with van der Waals surface area (Å²) in [5.41, 5.74) is 2.63. The third-order valence-electron chi connectivity index (χ3n) is 4.52. The van der Waals surface area contributed by atoms with Gasteiger partial charge in [0.25, 0.3) is 0 Å². The molecule has 1 amide bonds. The standard InChI is InChI=1S/C18H26N4O2/c1-5-12(2)16(11-23)20-18(24)10-15-13(3)21-22(14(15)4)17-8-6-7-9-19-17/h6-9,12,16,23H,5,10-11H2,1-4H3,(H,20,24)/t12-,16-/m1/s1. The van der Waals surface area contributed by atoms with Gasteiger partial charge >= 0.3 is 0 Å². The van der Waals surface area contributed by atoms with Crippen molar-refractivity contribution in [2.75, 3.05) is 6.61 Å². The first-order valence-electron chi connectivity index (χ1n) is 8.34. The van der Waals surface area contributed by atoms with Crippen LogP contribution in [0.15, 0.2) is 24.4 Å². The number of aromatic nitrogens is 3. The van der Waals surface area contributed by atoms with Gasteiger partial charge in [-0.3, -0.25) is 4.79 Å². The van der Waals surface area contributed by atoms with Crippen molar-refractivity contribution in [3.05, 3.63) is 41.3 Å². The molecule has 130 valence electrons. The van der Waals surface area contributed by atoms with Crippen molar-refractivity contribution in [2.24, 2.45) is 5.92 Å². The Kier molecular flexibility index (Phi) is 6.09. The van der Waals surface area contributed by atoms with Crippen LogP contribution in [-0.2, 0) is 11.2 Å². The maximum Gasteiger partial charge on any atom is 0.224 e. The van der Waals surface area contributed by atoms with Crippen molar-refractivity contribution in [1.29, 1.82) is 0 Å². The summed E-state index contributed by atoms with van der Waals surface area (Å²) in [5, 5.41) is 16.9. The van der Waals surface area contributed by atoms with Crippen molar-refractivity contribution in [3.63, 3.8) is 0 Å². The van der Waals surface area contributed by atoms with Crippen LogP contribution in [0.5, 0.6) is 0 Å². The van der Waals surface area contributed by atoms with Gasteiger partial charge in [-0.15, -0.1) is 0 Å². The minimum absolute atomic E-state index is 0.0497. The van der Waals surface area contributed by atoms with Gasteiger partial charge in [-0.2, -0.15) is 5.10 Å². The van der Waals surface area contributed by atoms with Crippen LogP contribution in [0.1, 0.15) is 37.2 Å². The molecule has 6 nitrogen and oxygen atoms in total. The Balaban J connectivity index is 2.16. The first kappa shape index (κ1) is 18.1. The van der Waals surface area contributed by atoms with Crippen LogP contribution in [0.25, 0.3) is 5.82 Å². The third-order valence-corrected chi connectivity index (χ3v) is 4.52. The van der Waals surface area contributed by atoms with E-state index in [4.69, 9.17) is 0 Å². The zero-order valence-electron chi connectivity index (χ0n) is 14.8. The molecule has 2 rings (SSSR count). The second-order valence-corrected chi connectivity index (χ2v) is 6.17. The summed E-state index contributed by atoms with van der Waals surface area (Å²) in [6.07, 6.45) is 2.87. The average molecular weight is 330 g/mol. The molecule has 0 radical (unpaired) electrons. The molecule has 2 N–H and O–H groups in total. The lowest BCUT2D eigenvalue weighted by atomic mass is 9.99. The van der Waals surface area contributed by atoms with Gasteiger partial charge in [0, 0.05) is 17.5 Å². The molecule has 0 bridgehead atoms. The highest BCUT2D eigenvalue weighted by atomic mass is 16.3. The number of nitrogens with one attached hydrogen (secondary N) is 1. The number of carbonyl (C=O) groups excluding carboxylic acids is 1. The summed E-state index contributed by atoms with van der Waals surface area (Å²) < 4.78 is 1.76. The van der Waals surface area contributed by atoms with Crippen LogP contribution in [0.4, 0.5) is 0 Å². The molecule has 2 aromatic rings. The predicted molar refractivity (Wildman–Crippen MR) is 93.0 cm³/mol. The number of amides is 1. The molecule has 2 heterocycles. The Morgan fingerprint density at radius 2 is 2.12 bits per heavy atom. The van der Waals surface area contributed by atoms with E-state index in [1.54, 1.807) is 10.9 Å². The van der Waals surface area contributed by atoms with E-state index in [2.05, 4.69) is 15.4 Å². The van der Waals surface area contributed by atoms with Crippen molar-refractivity contribution in [1.82, 2.24) is 20.1 Å². The summed E-state index contributed by atoms with van der Waals surface area (Å²) in [5.74, 6) is 0.871.